The van der Waals surface area contributed by atoms with Crippen LogP contribution in [0.4, 0.5) is 0 Å². The highest BCUT2D eigenvalue weighted by atomic mass is 16.1. The van der Waals surface area contributed by atoms with E-state index >= 15 is 0 Å². The van der Waals surface area contributed by atoms with Gasteiger partial charge in [-0.25, -0.2) is 0 Å². The van der Waals surface area contributed by atoms with Gasteiger partial charge in [0.05, 0.1) is 6.54 Å². The lowest BCUT2D eigenvalue weighted by Gasteiger charge is -2.20. The molecule has 0 radical (unpaired) electrons. The molecule has 1 unspecified atom stereocenters. The normalized spacial score (nSPS) is 23.3. The Labute approximate surface area is 98.4 Å². The lowest BCUT2D eigenvalue weighted by molar-refractivity contribution is -0.121. The summed E-state index contributed by atoms with van der Waals surface area (Å²) in [5.74, 6) is 1.73. The van der Waals surface area contributed by atoms with Gasteiger partial charge in [0, 0.05) is 6.04 Å². The van der Waals surface area contributed by atoms with Crippen molar-refractivity contribution in [2.24, 2.45) is 11.8 Å². The number of rotatable bonds is 6. The summed E-state index contributed by atoms with van der Waals surface area (Å²) in [7, 11) is 0. The molecule has 3 heteroatoms. The number of nitrogens with one attached hydrogen (secondary N) is 2. The van der Waals surface area contributed by atoms with Crippen molar-refractivity contribution in [3.8, 4) is 0 Å². The molecule has 16 heavy (non-hydrogen) atoms. The van der Waals surface area contributed by atoms with Gasteiger partial charge in [-0.15, -0.1) is 0 Å². The molecule has 2 N–H and O–H groups in total. The summed E-state index contributed by atoms with van der Waals surface area (Å²) < 4.78 is 0. The van der Waals surface area contributed by atoms with E-state index in [0.717, 1.165) is 12.5 Å². The third-order valence-electron chi connectivity index (χ3n) is 3.91. The van der Waals surface area contributed by atoms with Crippen LogP contribution in [-0.4, -0.2) is 25.0 Å². The molecule has 2 aliphatic rings. The first-order chi connectivity index (χ1) is 7.75. The van der Waals surface area contributed by atoms with Gasteiger partial charge < -0.3 is 10.6 Å². The lowest BCUT2D eigenvalue weighted by atomic mass is 10.00. The molecule has 0 spiro atoms. The SMILES string of the molecule is CC(NC(=O)CNCC1CC1)C1CCCC1. The average Bonchev–Trinajstić information content (AvgIpc) is 2.91. The molecule has 0 aromatic heterocycles. The van der Waals surface area contributed by atoms with Crippen LogP contribution in [0.15, 0.2) is 0 Å². The molecule has 0 aromatic rings. The molecule has 2 saturated carbocycles. The number of carbonyl (C=O) groups excluding carboxylic acids is 1. The van der Waals surface area contributed by atoms with E-state index in [1.54, 1.807) is 0 Å². The topological polar surface area (TPSA) is 41.1 Å². The fourth-order valence-corrected chi connectivity index (χ4v) is 2.59. The summed E-state index contributed by atoms with van der Waals surface area (Å²) in [5, 5.41) is 6.35. The molecule has 2 rings (SSSR count). The second kappa shape index (κ2) is 5.67. The molecule has 0 heterocycles. The molecule has 0 saturated heterocycles. The zero-order valence-electron chi connectivity index (χ0n) is 10.3. The van der Waals surface area contributed by atoms with Gasteiger partial charge in [-0.2, -0.15) is 0 Å². The highest BCUT2D eigenvalue weighted by Gasteiger charge is 2.23. The molecule has 92 valence electrons. The van der Waals surface area contributed by atoms with Crippen LogP contribution in [0.1, 0.15) is 45.4 Å². The molecule has 0 aromatic carbocycles. The Morgan fingerprint density at radius 2 is 1.94 bits per heavy atom. The smallest absolute Gasteiger partial charge is 0.234 e. The minimum Gasteiger partial charge on any atom is -0.352 e. The second-order valence-corrected chi connectivity index (χ2v) is 5.48. The van der Waals surface area contributed by atoms with Gasteiger partial charge in [0.15, 0.2) is 0 Å². The maximum Gasteiger partial charge on any atom is 0.234 e. The Balaban J connectivity index is 1.57. The highest BCUT2D eigenvalue weighted by molar-refractivity contribution is 5.78. The van der Waals surface area contributed by atoms with Gasteiger partial charge in [-0.05, 0) is 51.0 Å². The summed E-state index contributed by atoms with van der Waals surface area (Å²) in [6, 6.07) is 0.359. The number of hydrogen-bond acceptors (Lipinski definition) is 2. The van der Waals surface area contributed by atoms with Crippen LogP contribution in [0.2, 0.25) is 0 Å². The predicted octanol–water partition coefficient (Wildman–Crippen LogP) is 1.68. The summed E-state index contributed by atoms with van der Waals surface area (Å²) in [4.78, 5) is 11.6. The Bertz CT molecular complexity index is 232. The van der Waals surface area contributed by atoms with E-state index < -0.39 is 0 Å². The first kappa shape index (κ1) is 11.9. The van der Waals surface area contributed by atoms with Crippen molar-refractivity contribution in [2.45, 2.75) is 51.5 Å². The zero-order chi connectivity index (χ0) is 11.4. The fourth-order valence-electron chi connectivity index (χ4n) is 2.59. The Morgan fingerprint density at radius 3 is 2.56 bits per heavy atom. The number of hydrogen-bond donors (Lipinski definition) is 2. The van der Waals surface area contributed by atoms with E-state index in [1.807, 2.05) is 0 Å². The van der Waals surface area contributed by atoms with Crippen molar-refractivity contribution in [1.82, 2.24) is 10.6 Å². The van der Waals surface area contributed by atoms with Crippen LogP contribution < -0.4 is 10.6 Å². The molecular weight excluding hydrogens is 200 g/mol. The quantitative estimate of drug-likeness (QED) is 0.721. The highest BCUT2D eigenvalue weighted by Crippen LogP contribution is 2.28. The minimum absolute atomic E-state index is 0.167. The van der Waals surface area contributed by atoms with Crippen molar-refractivity contribution >= 4 is 5.91 Å². The van der Waals surface area contributed by atoms with Gasteiger partial charge in [-0.1, -0.05) is 12.8 Å². The summed E-state index contributed by atoms with van der Waals surface area (Å²) in [6.45, 7) is 3.66. The van der Waals surface area contributed by atoms with Crippen LogP contribution in [0.25, 0.3) is 0 Å². The van der Waals surface area contributed by atoms with E-state index in [0.29, 0.717) is 18.5 Å². The average molecular weight is 224 g/mol. The van der Waals surface area contributed by atoms with E-state index in [-0.39, 0.29) is 5.91 Å². The molecule has 0 bridgehead atoms. The second-order valence-electron chi connectivity index (χ2n) is 5.48. The Morgan fingerprint density at radius 1 is 1.25 bits per heavy atom. The van der Waals surface area contributed by atoms with Crippen molar-refractivity contribution in [2.75, 3.05) is 13.1 Å². The van der Waals surface area contributed by atoms with Gasteiger partial charge in [-0.3, -0.25) is 4.79 Å². The van der Waals surface area contributed by atoms with Gasteiger partial charge in [0.25, 0.3) is 0 Å². The van der Waals surface area contributed by atoms with Crippen LogP contribution in [0.3, 0.4) is 0 Å². The molecule has 2 aliphatic carbocycles. The van der Waals surface area contributed by atoms with Crippen LogP contribution in [0.5, 0.6) is 0 Å². The van der Waals surface area contributed by atoms with Crippen molar-refractivity contribution in [3.05, 3.63) is 0 Å². The maximum absolute atomic E-state index is 11.6. The molecule has 1 amide bonds. The monoisotopic (exact) mass is 224 g/mol. The van der Waals surface area contributed by atoms with E-state index in [2.05, 4.69) is 17.6 Å². The van der Waals surface area contributed by atoms with Crippen molar-refractivity contribution in [1.29, 1.82) is 0 Å². The number of amides is 1. The zero-order valence-corrected chi connectivity index (χ0v) is 10.3. The minimum atomic E-state index is 0.167. The Kier molecular flexibility index (Phi) is 4.22. The van der Waals surface area contributed by atoms with Gasteiger partial charge in [0.2, 0.25) is 5.91 Å². The van der Waals surface area contributed by atoms with Gasteiger partial charge >= 0.3 is 0 Å². The van der Waals surface area contributed by atoms with Crippen molar-refractivity contribution in [3.63, 3.8) is 0 Å². The summed E-state index contributed by atoms with van der Waals surface area (Å²) >= 11 is 0. The van der Waals surface area contributed by atoms with Crippen molar-refractivity contribution < 1.29 is 4.79 Å². The fraction of sp³-hybridized carbons (Fsp3) is 0.923. The van der Waals surface area contributed by atoms with E-state index in [4.69, 9.17) is 0 Å². The standard InChI is InChI=1S/C13H24N2O/c1-10(12-4-2-3-5-12)15-13(16)9-14-8-11-6-7-11/h10-12,14H,2-9H2,1H3,(H,15,16). The molecule has 1 atom stereocenters. The first-order valence-electron chi connectivity index (χ1n) is 6.76. The number of carbonyl (C=O) groups is 1. The summed E-state index contributed by atoms with van der Waals surface area (Å²) in [5.41, 5.74) is 0. The molecular formula is C13H24N2O. The lowest BCUT2D eigenvalue weighted by Crippen LogP contribution is -2.42. The first-order valence-corrected chi connectivity index (χ1v) is 6.76. The van der Waals surface area contributed by atoms with Crippen LogP contribution in [0, 0.1) is 11.8 Å². The predicted molar refractivity (Wildman–Crippen MR) is 65.2 cm³/mol. The largest absolute Gasteiger partial charge is 0.352 e. The molecule has 0 aliphatic heterocycles. The molecule has 2 fully saturated rings. The van der Waals surface area contributed by atoms with Crippen LogP contribution in [-0.2, 0) is 4.79 Å². The maximum atomic E-state index is 11.6. The van der Waals surface area contributed by atoms with Gasteiger partial charge in [0.1, 0.15) is 0 Å². The van der Waals surface area contributed by atoms with Crippen LogP contribution >= 0.6 is 0 Å². The van der Waals surface area contributed by atoms with E-state index in [9.17, 15) is 4.79 Å². The Hall–Kier alpha value is -0.570. The summed E-state index contributed by atoms with van der Waals surface area (Å²) in [6.07, 6.45) is 7.93. The molecule has 3 nitrogen and oxygen atoms in total. The third kappa shape index (κ3) is 3.78. The van der Waals surface area contributed by atoms with E-state index in [1.165, 1.54) is 38.5 Å². The third-order valence-corrected chi connectivity index (χ3v) is 3.91.